The monoisotopic (exact) mass is 489 g/mol. The maximum absolute atomic E-state index is 13.2. The number of nitrogens with zero attached hydrogens (tertiary/aromatic N) is 1. The summed E-state index contributed by atoms with van der Waals surface area (Å²) in [6.45, 7) is 2.85. The SMILES string of the molecule is CCNS(=O)(=O)c1ccc(C(=O)OC(C)C(=O)Nc2ccc([N+](=O)[O-])cc2C(F)(F)F)cc1. The Bertz CT molecular complexity index is 1170. The summed E-state index contributed by atoms with van der Waals surface area (Å²) >= 11 is 0. The molecule has 2 aromatic rings. The van der Waals surface area contributed by atoms with Crippen LogP contribution in [-0.2, 0) is 25.7 Å². The summed E-state index contributed by atoms with van der Waals surface area (Å²) in [5, 5.41) is 12.7. The van der Waals surface area contributed by atoms with Crippen LogP contribution in [0.2, 0.25) is 0 Å². The molecule has 14 heteroatoms. The Morgan fingerprint density at radius 1 is 1.15 bits per heavy atom. The molecule has 1 unspecified atom stereocenters. The van der Waals surface area contributed by atoms with Crippen molar-refractivity contribution < 1.29 is 40.8 Å². The van der Waals surface area contributed by atoms with Gasteiger partial charge in [-0.3, -0.25) is 14.9 Å². The first-order valence-corrected chi connectivity index (χ1v) is 10.7. The summed E-state index contributed by atoms with van der Waals surface area (Å²) in [7, 11) is -3.75. The number of rotatable bonds is 8. The number of non-ortho nitro benzene ring substituents is 1. The van der Waals surface area contributed by atoms with Crippen LogP contribution in [0.25, 0.3) is 0 Å². The maximum atomic E-state index is 13.2. The van der Waals surface area contributed by atoms with E-state index >= 15 is 0 Å². The van der Waals surface area contributed by atoms with Gasteiger partial charge in [-0.15, -0.1) is 0 Å². The molecule has 33 heavy (non-hydrogen) atoms. The molecule has 0 fully saturated rings. The molecule has 2 N–H and O–H groups in total. The minimum atomic E-state index is -5.00. The number of benzene rings is 2. The lowest BCUT2D eigenvalue weighted by Crippen LogP contribution is -2.31. The minimum absolute atomic E-state index is 0.101. The number of nitrogens with one attached hydrogen (secondary N) is 2. The number of hydrogen-bond donors (Lipinski definition) is 2. The molecule has 0 spiro atoms. The molecule has 0 bridgehead atoms. The number of carbonyl (C=O) groups excluding carboxylic acids is 2. The number of esters is 1. The number of ether oxygens (including phenoxy) is 1. The second-order valence-electron chi connectivity index (χ2n) is 6.55. The van der Waals surface area contributed by atoms with Crippen LogP contribution in [-0.4, -0.2) is 37.9 Å². The fourth-order valence-corrected chi connectivity index (χ4v) is 3.59. The van der Waals surface area contributed by atoms with E-state index in [1.54, 1.807) is 6.92 Å². The molecule has 0 aliphatic heterocycles. The average molecular weight is 489 g/mol. The molecule has 0 aromatic heterocycles. The van der Waals surface area contributed by atoms with Crippen molar-refractivity contribution in [3.63, 3.8) is 0 Å². The normalized spacial score (nSPS) is 12.6. The summed E-state index contributed by atoms with van der Waals surface area (Å²) in [5.41, 5.74) is -3.11. The van der Waals surface area contributed by atoms with Gasteiger partial charge in [0.1, 0.15) is 0 Å². The number of amides is 1. The second-order valence-corrected chi connectivity index (χ2v) is 8.31. The van der Waals surface area contributed by atoms with Crippen molar-refractivity contribution >= 4 is 33.3 Å². The van der Waals surface area contributed by atoms with Gasteiger partial charge in [0, 0.05) is 18.7 Å². The number of carbonyl (C=O) groups is 2. The highest BCUT2D eigenvalue weighted by Gasteiger charge is 2.36. The molecule has 0 saturated heterocycles. The molecule has 1 atom stereocenters. The van der Waals surface area contributed by atoms with E-state index in [2.05, 4.69) is 4.72 Å². The van der Waals surface area contributed by atoms with Crippen LogP contribution in [0, 0.1) is 10.1 Å². The molecule has 0 saturated carbocycles. The van der Waals surface area contributed by atoms with Gasteiger partial charge in [-0.1, -0.05) is 6.92 Å². The predicted molar refractivity (Wildman–Crippen MR) is 109 cm³/mol. The van der Waals surface area contributed by atoms with Crippen molar-refractivity contribution in [3.8, 4) is 0 Å². The first kappa shape index (κ1) is 25.7. The zero-order chi connectivity index (χ0) is 25.0. The van der Waals surface area contributed by atoms with Crippen LogP contribution in [0.4, 0.5) is 24.5 Å². The summed E-state index contributed by atoms with van der Waals surface area (Å²) in [6, 6.07) is 6.36. The van der Waals surface area contributed by atoms with Crippen molar-refractivity contribution in [2.24, 2.45) is 0 Å². The van der Waals surface area contributed by atoms with Gasteiger partial charge in [0.25, 0.3) is 11.6 Å². The highest BCUT2D eigenvalue weighted by atomic mass is 32.2. The molecule has 178 valence electrons. The van der Waals surface area contributed by atoms with Gasteiger partial charge < -0.3 is 10.1 Å². The van der Waals surface area contributed by atoms with Crippen LogP contribution in [0.3, 0.4) is 0 Å². The molecule has 0 aliphatic rings. The lowest BCUT2D eigenvalue weighted by Gasteiger charge is -2.17. The van der Waals surface area contributed by atoms with Crippen molar-refractivity contribution in [2.45, 2.75) is 31.0 Å². The lowest BCUT2D eigenvalue weighted by molar-refractivity contribution is -0.385. The maximum Gasteiger partial charge on any atom is 0.418 e. The van der Waals surface area contributed by atoms with Crippen molar-refractivity contribution in [1.29, 1.82) is 0 Å². The van der Waals surface area contributed by atoms with Crippen LogP contribution in [0.5, 0.6) is 0 Å². The number of sulfonamides is 1. The number of anilines is 1. The van der Waals surface area contributed by atoms with E-state index in [4.69, 9.17) is 4.74 Å². The van der Waals surface area contributed by atoms with E-state index in [9.17, 15) is 41.3 Å². The summed E-state index contributed by atoms with van der Waals surface area (Å²) < 4.78 is 70.7. The largest absolute Gasteiger partial charge is 0.449 e. The highest BCUT2D eigenvalue weighted by molar-refractivity contribution is 7.89. The minimum Gasteiger partial charge on any atom is -0.449 e. The Morgan fingerprint density at radius 3 is 2.27 bits per heavy atom. The molecule has 1 amide bonds. The molecular formula is C19H18F3N3O7S. The Hall–Kier alpha value is -3.52. The van der Waals surface area contributed by atoms with Crippen LogP contribution < -0.4 is 10.0 Å². The van der Waals surface area contributed by atoms with Gasteiger partial charge in [-0.2, -0.15) is 13.2 Å². The van der Waals surface area contributed by atoms with Crippen molar-refractivity contribution in [1.82, 2.24) is 4.72 Å². The smallest absolute Gasteiger partial charge is 0.418 e. The van der Waals surface area contributed by atoms with Crippen LogP contribution >= 0.6 is 0 Å². The van der Waals surface area contributed by atoms with Crippen molar-refractivity contribution in [2.75, 3.05) is 11.9 Å². The first-order valence-electron chi connectivity index (χ1n) is 9.23. The van der Waals surface area contributed by atoms with E-state index in [1.807, 2.05) is 5.32 Å². The molecule has 2 rings (SSSR count). The zero-order valence-corrected chi connectivity index (χ0v) is 18.0. The van der Waals surface area contributed by atoms with Gasteiger partial charge in [0.15, 0.2) is 6.10 Å². The third-order valence-corrected chi connectivity index (χ3v) is 5.73. The average Bonchev–Trinajstić information content (AvgIpc) is 2.73. The summed E-state index contributed by atoms with van der Waals surface area (Å²) in [4.78, 5) is 34.1. The van der Waals surface area contributed by atoms with E-state index in [1.165, 1.54) is 0 Å². The number of halogens is 3. The lowest BCUT2D eigenvalue weighted by atomic mass is 10.1. The van der Waals surface area contributed by atoms with E-state index in [0.717, 1.165) is 43.3 Å². The molecule has 0 radical (unpaired) electrons. The summed E-state index contributed by atoms with van der Waals surface area (Å²) in [5.74, 6) is -2.14. The van der Waals surface area contributed by atoms with E-state index in [0.29, 0.717) is 0 Å². The molecule has 2 aromatic carbocycles. The third-order valence-electron chi connectivity index (χ3n) is 4.16. The van der Waals surface area contributed by atoms with Crippen LogP contribution in [0.15, 0.2) is 47.4 Å². The Morgan fingerprint density at radius 2 is 1.76 bits per heavy atom. The Labute approximate surface area is 185 Å². The van der Waals surface area contributed by atoms with Gasteiger partial charge in [0.05, 0.1) is 26.6 Å². The predicted octanol–water partition coefficient (Wildman–Crippen LogP) is 3.10. The molecule has 0 aliphatic carbocycles. The number of nitro benzene ring substituents is 1. The molecule has 0 heterocycles. The Balaban J connectivity index is 2.14. The molecule has 10 nitrogen and oxygen atoms in total. The standard InChI is InChI=1S/C19H18F3N3O7S/c1-3-23-33(30,31)14-7-4-12(5-8-14)18(27)32-11(2)17(26)24-16-9-6-13(25(28)29)10-15(16)19(20,21)22/h4-11,23H,3H2,1-2H3,(H,24,26). The first-order chi connectivity index (χ1) is 15.3. The third kappa shape index (κ3) is 6.49. The number of alkyl halides is 3. The summed E-state index contributed by atoms with van der Waals surface area (Å²) in [6.07, 6.45) is -6.54. The van der Waals surface area contributed by atoms with Crippen molar-refractivity contribution in [3.05, 3.63) is 63.7 Å². The molecular weight excluding hydrogens is 471 g/mol. The number of hydrogen-bond acceptors (Lipinski definition) is 7. The van der Waals surface area contributed by atoms with Gasteiger partial charge >= 0.3 is 12.1 Å². The zero-order valence-electron chi connectivity index (χ0n) is 17.2. The number of nitro groups is 1. The van der Waals surface area contributed by atoms with E-state index < -0.39 is 56.0 Å². The fraction of sp³-hybridized carbons (Fsp3) is 0.263. The fourth-order valence-electron chi connectivity index (χ4n) is 2.55. The quantitative estimate of drug-likeness (QED) is 0.329. The van der Waals surface area contributed by atoms with Gasteiger partial charge in [0.2, 0.25) is 10.0 Å². The second kappa shape index (κ2) is 9.95. The van der Waals surface area contributed by atoms with Gasteiger partial charge in [-0.25, -0.2) is 17.9 Å². The Kier molecular flexibility index (Phi) is 7.76. The van der Waals surface area contributed by atoms with Crippen LogP contribution in [0.1, 0.15) is 29.8 Å². The highest BCUT2D eigenvalue weighted by Crippen LogP contribution is 2.37. The van der Waals surface area contributed by atoms with E-state index in [-0.39, 0.29) is 23.1 Å². The van der Waals surface area contributed by atoms with Gasteiger partial charge in [-0.05, 0) is 37.3 Å². The topological polar surface area (TPSA) is 145 Å².